The van der Waals surface area contributed by atoms with Crippen molar-refractivity contribution in [3.8, 4) is 0 Å². The molecule has 0 aromatic heterocycles. The summed E-state index contributed by atoms with van der Waals surface area (Å²) in [5.74, 6) is 0. The predicted molar refractivity (Wildman–Crippen MR) is 63.4 cm³/mol. The third-order valence-corrected chi connectivity index (χ3v) is 3.29. The van der Waals surface area contributed by atoms with E-state index in [-0.39, 0.29) is 0 Å². The van der Waals surface area contributed by atoms with Crippen molar-refractivity contribution in [2.45, 2.75) is 65.0 Å². The standard InChI is InChI=1S/C13H25N/c1-5-6-7-11(2)14-12-8-9-13(3,4)10-12/h5,11-12,14H,1,6-10H2,2-4H3. The van der Waals surface area contributed by atoms with Crippen molar-refractivity contribution in [1.29, 1.82) is 0 Å². The van der Waals surface area contributed by atoms with E-state index in [1.165, 1.54) is 25.7 Å². The SMILES string of the molecule is C=CCCC(C)NC1CCC(C)(C)C1. The van der Waals surface area contributed by atoms with Gasteiger partial charge in [0.05, 0.1) is 0 Å². The lowest BCUT2D eigenvalue weighted by Gasteiger charge is -2.21. The third-order valence-electron chi connectivity index (χ3n) is 3.29. The van der Waals surface area contributed by atoms with Crippen LogP contribution >= 0.6 is 0 Å². The van der Waals surface area contributed by atoms with Crippen LogP contribution in [0.5, 0.6) is 0 Å². The quantitative estimate of drug-likeness (QED) is 0.662. The summed E-state index contributed by atoms with van der Waals surface area (Å²) in [4.78, 5) is 0. The Morgan fingerprint density at radius 1 is 1.57 bits per heavy atom. The van der Waals surface area contributed by atoms with Gasteiger partial charge in [0.1, 0.15) is 0 Å². The fourth-order valence-corrected chi connectivity index (χ4v) is 2.43. The van der Waals surface area contributed by atoms with Crippen molar-refractivity contribution in [1.82, 2.24) is 5.32 Å². The lowest BCUT2D eigenvalue weighted by molar-refractivity contribution is 0.352. The second-order valence-electron chi connectivity index (χ2n) is 5.54. The Morgan fingerprint density at radius 3 is 2.79 bits per heavy atom. The number of allylic oxidation sites excluding steroid dienone is 1. The molecule has 0 aromatic carbocycles. The highest BCUT2D eigenvalue weighted by atomic mass is 14.9. The maximum Gasteiger partial charge on any atom is 0.00748 e. The van der Waals surface area contributed by atoms with E-state index in [1.807, 2.05) is 6.08 Å². The van der Waals surface area contributed by atoms with Gasteiger partial charge in [0.2, 0.25) is 0 Å². The van der Waals surface area contributed by atoms with E-state index in [4.69, 9.17) is 0 Å². The second kappa shape index (κ2) is 4.97. The minimum absolute atomic E-state index is 0.565. The second-order valence-corrected chi connectivity index (χ2v) is 5.54. The van der Waals surface area contributed by atoms with E-state index in [1.54, 1.807) is 0 Å². The number of hydrogen-bond acceptors (Lipinski definition) is 1. The zero-order valence-electron chi connectivity index (χ0n) is 9.97. The van der Waals surface area contributed by atoms with Crippen LogP contribution in [0, 0.1) is 5.41 Å². The molecule has 1 rings (SSSR count). The largest absolute Gasteiger partial charge is 0.311 e. The van der Waals surface area contributed by atoms with Crippen molar-refractivity contribution in [3.05, 3.63) is 12.7 Å². The molecule has 14 heavy (non-hydrogen) atoms. The first-order valence-corrected chi connectivity index (χ1v) is 5.90. The lowest BCUT2D eigenvalue weighted by atomic mass is 9.92. The van der Waals surface area contributed by atoms with Crippen molar-refractivity contribution in [2.75, 3.05) is 0 Å². The molecule has 2 unspecified atom stereocenters. The first kappa shape index (κ1) is 11.8. The Kier molecular flexibility index (Phi) is 4.18. The van der Waals surface area contributed by atoms with Gasteiger partial charge in [0, 0.05) is 12.1 Å². The normalized spacial score (nSPS) is 27.5. The van der Waals surface area contributed by atoms with E-state index < -0.39 is 0 Å². The summed E-state index contributed by atoms with van der Waals surface area (Å²) < 4.78 is 0. The number of rotatable bonds is 5. The fourth-order valence-electron chi connectivity index (χ4n) is 2.43. The van der Waals surface area contributed by atoms with Gasteiger partial charge in [-0.1, -0.05) is 19.9 Å². The molecule has 0 amide bonds. The molecular weight excluding hydrogens is 170 g/mol. The zero-order chi connectivity index (χ0) is 10.6. The van der Waals surface area contributed by atoms with Crippen LogP contribution in [-0.2, 0) is 0 Å². The third kappa shape index (κ3) is 3.83. The summed E-state index contributed by atoms with van der Waals surface area (Å²) in [5.41, 5.74) is 0.565. The fraction of sp³-hybridized carbons (Fsp3) is 0.846. The molecular formula is C13H25N. The summed E-state index contributed by atoms with van der Waals surface area (Å²) in [6.07, 6.45) is 8.43. The summed E-state index contributed by atoms with van der Waals surface area (Å²) in [6.45, 7) is 10.8. The molecule has 1 N–H and O–H groups in total. The van der Waals surface area contributed by atoms with Crippen LogP contribution in [0.15, 0.2) is 12.7 Å². The summed E-state index contributed by atoms with van der Waals surface area (Å²) >= 11 is 0. The van der Waals surface area contributed by atoms with Crippen molar-refractivity contribution < 1.29 is 0 Å². The van der Waals surface area contributed by atoms with Gasteiger partial charge in [-0.3, -0.25) is 0 Å². The first-order valence-electron chi connectivity index (χ1n) is 5.90. The van der Waals surface area contributed by atoms with Gasteiger partial charge in [0.25, 0.3) is 0 Å². The van der Waals surface area contributed by atoms with Crippen LogP contribution in [-0.4, -0.2) is 12.1 Å². The van der Waals surface area contributed by atoms with Crippen molar-refractivity contribution in [2.24, 2.45) is 5.41 Å². The molecule has 0 heterocycles. The molecule has 1 aliphatic carbocycles. The summed E-state index contributed by atoms with van der Waals surface area (Å²) in [7, 11) is 0. The van der Waals surface area contributed by atoms with Gasteiger partial charge < -0.3 is 5.32 Å². The van der Waals surface area contributed by atoms with Crippen molar-refractivity contribution in [3.63, 3.8) is 0 Å². The van der Waals surface area contributed by atoms with Crippen molar-refractivity contribution >= 4 is 0 Å². The van der Waals surface area contributed by atoms with E-state index in [9.17, 15) is 0 Å². The maximum atomic E-state index is 3.76. The molecule has 1 heteroatoms. The average molecular weight is 195 g/mol. The predicted octanol–water partition coefficient (Wildman–Crippen LogP) is 3.51. The molecule has 0 aliphatic heterocycles. The Labute approximate surface area is 89.0 Å². The minimum atomic E-state index is 0.565. The van der Waals surface area contributed by atoms with Crippen LogP contribution < -0.4 is 5.32 Å². The van der Waals surface area contributed by atoms with Gasteiger partial charge in [-0.25, -0.2) is 0 Å². The Balaban J connectivity index is 2.21. The van der Waals surface area contributed by atoms with Crippen LogP contribution in [0.1, 0.15) is 52.9 Å². The van der Waals surface area contributed by atoms with Gasteiger partial charge in [-0.05, 0) is 44.4 Å². The maximum absolute atomic E-state index is 3.76. The van der Waals surface area contributed by atoms with Crippen LogP contribution in [0.25, 0.3) is 0 Å². The van der Waals surface area contributed by atoms with E-state index in [2.05, 4.69) is 32.7 Å². The molecule has 0 aromatic rings. The highest BCUT2D eigenvalue weighted by Crippen LogP contribution is 2.37. The average Bonchev–Trinajstić information content (AvgIpc) is 2.42. The highest BCUT2D eigenvalue weighted by Gasteiger charge is 2.30. The molecule has 1 nitrogen and oxygen atoms in total. The smallest absolute Gasteiger partial charge is 0.00748 e. The van der Waals surface area contributed by atoms with Crippen LogP contribution in [0.3, 0.4) is 0 Å². The number of nitrogens with one attached hydrogen (secondary N) is 1. The Bertz CT molecular complexity index is 184. The summed E-state index contributed by atoms with van der Waals surface area (Å²) in [5, 5.41) is 3.72. The van der Waals surface area contributed by atoms with Gasteiger partial charge in [0.15, 0.2) is 0 Å². The van der Waals surface area contributed by atoms with Gasteiger partial charge in [-0.2, -0.15) is 0 Å². The zero-order valence-corrected chi connectivity index (χ0v) is 9.97. The molecule has 0 radical (unpaired) electrons. The van der Waals surface area contributed by atoms with E-state index >= 15 is 0 Å². The number of hydrogen-bond donors (Lipinski definition) is 1. The lowest BCUT2D eigenvalue weighted by Crippen LogP contribution is -2.35. The van der Waals surface area contributed by atoms with Crippen LogP contribution in [0.4, 0.5) is 0 Å². The molecule has 2 atom stereocenters. The Hall–Kier alpha value is -0.300. The molecule has 0 spiro atoms. The molecule has 1 saturated carbocycles. The monoisotopic (exact) mass is 195 g/mol. The molecule has 0 bridgehead atoms. The highest BCUT2D eigenvalue weighted by molar-refractivity contribution is 4.87. The molecule has 0 saturated heterocycles. The van der Waals surface area contributed by atoms with Gasteiger partial charge in [-0.15, -0.1) is 6.58 Å². The van der Waals surface area contributed by atoms with Crippen LogP contribution in [0.2, 0.25) is 0 Å². The van der Waals surface area contributed by atoms with E-state index in [0.717, 1.165) is 12.5 Å². The van der Waals surface area contributed by atoms with E-state index in [0.29, 0.717) is 11.5 Å². The minimum Gasteiger partial charge on any atom is -0.311 e. The summed E-state index contributed by atoms with van der Waals surface area (Å²) in [6, 6.07) is 1.40. The Morgan fingerprint density at radius 2 is 2.29 bits per heavy atom. The first-order chi connectivity index (χ1) is 6.53. The van der Waals surface area contributed by atoms with Gasteiger partial charge >= 0.3 is 0 Å². The molecule has 82 valence electrons. The topological polar surface area (TPSA) is 12.0 Å². The molecule has 1 fully saturated rings. The molecule has 1 aliphatic rings.